The van der Waals surface area contributed by atoms with Crippen LogP contribution in [-0.4, -0.2) is 48.4 Å². The number of hydrogen-bond acceptors (Lipinski definition) is 2. The third-order valence-corrected chi connectivity index (χ3v) is 5.64. The molecule has 2 aliphatic rings. The predicted octanol–water partition coefficient (Wildman–Crippen LogP) is 3.98. The zero-order chi connectivity index (χ0) is 15.5. The van der Waals surface area contributed by atoms with Crippen molar-refractivity contribution in [2.75, 3.05) is 26.2 Å². The van der Waals surface area contributed by atoms with E-state index in [4.69, 9.17) is 23.2 Å². The largest absolute Gasteiger partial charge is 0.341 e. The Labute approximate surface area is 158 Å². The minimum atomic E-state index is 0. The molecule has 3 nitrogen and oxygen atoms in total. The molecule has 1 unspecified atom stereocenters. The Morgan fingerprint density at radius 1 is 1.17 bits per heavy atom. The molecule has 1 aromatic rings. The SMILES string of the molecule is Br.O=CN(CCN1CCCC1)C1CCc2cc(Cl)c(Cl)cc2C1. The topological polar surface area (TPSA) is 23.6 Å². The van der Waals surface area contributed by atoms with Gasteiger partial charge in [-0.3, -0.25) is 4.79 Å². The van der Waals surface area contributed by atoms with Gasteiger partial charge in [-0.2, -0.15) is 0 Å². The van der Waals surface area contributed by atoms with Gasteiger partial charge in [0.15, 0.2) is 0 Å². The zero-order valence-corrected chi connectivity index (χ0v) is 16.4. The molecule has 0 radical (unpaired) electrons. The summed E-state index contributed by atoms with van der Waals surface area (Å²) in [6, 6.07) is 4.23. The summed E-state index contributed by atoms with van der Waals surface area (Å²) in [5.41, 5.74) is 2.51. The van der Waals surface area contributed by atoms with Crippen LogP contribution in [0.25, 0.3) is 0 Å². The lowest BCUT2D eigenvalue weighted by Crippen LogP contribution is -2.42. The van der Waals surface area contributed by atoms with Crippen LogP contribution in [0.5, 0.6) is 0 Å². The number of likely N-dealkylation sites (tertiary alicyclic amines) is 1. The highest BCUT2D eigenvalue weighted by Crippen LogP contribution is 2.31. The Morgan fingerprint density at radius 3 is 2.48 bits per heavy atom. The molecule has 23 heavy (non-hydrogen) atoms. The highest BCUT2D eigenvalue weighted by molar-refractivity contribution is 8.93. The van der Waals surface area contributed by atoms with E-state index >= 15 is 0 Å². The van der Waals surface area contributed by atoms with Gasteiger partial charge in [0.25, 0.3) is 0 Å². The average molecular weight is 422 g/mol. The van der Waals surface area contributed by atoms with Crippen LogP contribution in [0.4, 0.5) is 0 Å². The van der Waals surface area contributed by atoms with Crippen LogP contribution >= 0.6 is 40.2 Å². The standard InChI is InChI=1S/C17H22Cl2N2O.BrH/c18-16-10-13-3-4-15(9-14(13)11-17(16)19)21(12-22)8-7-20-5-1-2-6-20;/h10-12,15H,1-9H2;1H. The third-order valence-electron chi connectivity index (χ3n) is 4.92. The summed E-state index contributed by atoms with van der Waals surface area (Å²) >= 11 is 12.2. The Kier molecular flexibility index (Phi) is 7.20. The minimum Gasteiger partial charge on any atom is -0.341 e. The third kappa shape index (κ3) is 4.62. The molecule has 0 bridgehead atoms. The van der Waals surface area contributed by atoms with Gasteiger partial charge in [0, 0.05) is 19.1 Å². The summed E-state index contributed by atoms with van der Waals surface area (Å²) in [6.45, 7) is 4.16. The molecular formula is C17H23BrCl2N2O. The first-order valence-electron chi connectivity index (χ1n) is 8.07. The molecule has 0 spiro atoms. The Morgan fingerprint density at radius 2 is 1.83 bits per heavy atom. The molecule has 1 aliphatic heterocycles. The number of halogens is 3. The summed E-state index contributed by atoms with van der Waals surface area (Å²) < 4.78 is 0. The smallest absolute Gasteiger partial charge is 0.210 e. The molecule has 128 valence electrons. The maximum atomic E-state index is 11.5. The Hall–Kier alpha value is -0.290. The van der Waals surface area contributed by atoms with Crippen LogP contribution in [0.3, 0.4) is 0 Å². The monoisotopic (exact) mass is 420 g/mol. The van der Waals surface area contributed by atoms with Crippen LogP contribution in [0.2, 0.25) is 10.0 Å². The molecule has 1 amide bonds. The van der Waals surface area contributed by atoms with Gasteiger partial charge in [-0.05, 0) is 68.5 Å². The second kappa shape index (κ2) is 8.70. The maximum absolute atomic E-state index is 11.5. The van der Waals surface area contributed by atoms with Crippen molar-refractivity contribution >= 4 is 46.6 Å². The fourth-order valence-corrected chi connectivity index (χ4v) is 3.97. The second-order valence-electron chi connectivity index (χ2n) is 6.32. The van der Waals surface area contributed by atoms with E-state index in [1.807, 2.05) is 17.0 Å². The Balaban J connectivity index is 0.00000192. The first-order chi connectivity index (χ1) is 10.7. The zero-order valence-electron chi connectivity index (χ0n) is 13.1. The Bertz CT molecular complexity index is 550. The van der Waals surface area contributed by atoms with Crippen molar-refractivity contribution in [2.24, 2.45) is 0 Å². The van der Waals surface area contributed by atoms with E-state index in [1.54, 1.807) is 0 Å². The lowest BCUT2D eigenvalue weighted by Gasteiger charge is -2.33. The van der Waals surface area contributed by atoms with Gasteiger partial charge in [-0.1, -0.05) is 23.2 Å². The second-order valence-corrected chi connectivity index (χ2v) is 7.14. The number of carbonyl (C=O) groups is 1. The van der Waals surface area contributed by atoms with Crippen molar-refractivity contribution in [3.8, 4) is 0 Å². The fraction of sp³-hybridized carbons (Fsp3) is 0.588. The van der Waals surface area contributed by atoms with Gasteiger partial charge < -0.3 is 9.80 Å². The number of fused-ring (bicyclic) bond motifs is 1. The van der Waals surface area contributed by atoms with Crippen LogP contribution in [0.15, 0.2) is 12.1 Å². The van der Waals surface area contributed by atoms with Gasteiger partial charge in [0.1, 0.15) is 0 Å². The highest BCUT2D eigenvalue weighted by Gasteiger charge is 2.25. The van der Waals surface area contributed by atoms with Gasteiger partial charge in [-0.15, -0.1) is 17.0 Å². The molecule has 1 aliphatic carbocycles. The van der Waals surface area contributed by atoms with Crippen molar-refractivity contribution in [2.45, 2.75) is 38.1 Å². The fourth-order valence-electron chi connectivity index (χ4n) is 3.60. The number of carbonyl (C=O) groups excluding carboxylic acids is 1. The van der Waals surface area contributed by atoms with E-state index < -0.39 is 0 Å². The molecule has 1 aromatic carbocycles. The quantitative estimate of drug-likeness (QED) is 0.671. The summed E-state index contributed by atoms with van der Waals surface area (Å²) in [4.78, 5) is 15.9. The van der Waals surface area contributed by atoms with Crippen molar-refractivity contribution in [1.82, 2.24) is 9.80 Å². The minimum absolute atomic E-state index is 0. The van der Waals surface area contributed by atoms with E-state index in [-0.39, 0.29) is 23.0 Å². The average Bonchev–Trinajstić information content (AvgIpc) is 3.02. The number of rotatable bonds is 5. The van der Waals surface area contributed by atoms with Crippen LogP contribution < -0.4 is 0 Å². The molecule has 1 saturated heterocycles. The lowest BCUT2D eigenvalue weighted by molar-refractivity contribution is -0.120. The van der Waals surface area contributed by atoms with Crippen LogP contribution in [0, 0.1) is 0 Å². The van der Waals surface area contributed by atoms with E-state index in [2.05, 4.69) is 4.90 Å². The first-order valence-corrected chi connectivity index (χ1v) is 8.83. The number of amides is 1. The molecule has 3 rings (SSSR count). The molecule has 1 atom stereocenters. The molecule has 6 heteroatoms. The molecule has 0 N–H and O–H groups in total. The van der Waals surface area contributed by atoms with E-state index in [9.17, 15) is 4.79 Å². The number of aryl methyl sites for hydroxylation is 1. The van der Waals surface area contributed by atoms with E-state index in [0.29, 0.717) is 10.0 Å². The molecular weight excluding hydrogens is 399 g/mol. The maximum Gasteiger partial charge on any atom is 0.210 e. The predicted molar refractivity (Wildman–Crippen MR) is 101 cm³/mol. The normalized spacial score (nSPS) is 20.7. The van der Waals surface area contributed by atoms with Gasteiger partial charge in [0.05, 0.1) is 10.0 Å². The van der Waals surface area contributed by atoms with Crippen LogP contribution in [0.1, 0.15) is 30.4 Å². The lowest BCUT2D eigenvalue weighted by atomic mass is 9.87. The number of hydrogen-bond donors (Lipinski definition) is 0. The summed E-state index contributed by atoms with van der Waals surface area (Å²) in [5.74, 6) is 0. The number of nitrogens with zero attached hydrogens (tertiary/aromatic N) is 2. The van der Waals surface area contributed by atoms with Gasteiger partial charge in [-0.25, -0.2) is 0 Å². The molecule has 1 heterocycles. The summed E-state index contributed by atoms with van der Waals surface area (Å²) in [6.07, 6.45) is 6.44. The van der Waals surface area contributed by atoms with Crippen molar-refractivity contribution in [1.29, 1.82) is 0 Å². The van der Waals surface area contributed by atoms with Gasteiger partial charge >= 0.3 is 0 Å². The van der Waals surface area contributed by atoms with E-state index in [1.165, 1.54) is 37.1 Å². The van der Waals surface area contributed by atoms with Crippen molar-refractivity contribution < 1.29 is 4.79 Å². The van der Waals surface area contributed by atoms with E-state index in [0.717, 1.165) is 38.8 Å². The molecule has 0 aromatic heterocycles. The molecule has 1 fully saturated rings. The highest BCUT2D eigenvalue weighted by atomic mass is 79.9. The van der Waals surface area contributed by atoms with Gasteiger partial charge in [0.2, 0.25) is 6.41 Å². The summed E-state index contributed by atoms with van der Waals surface area (Å²) in [7, 11) is 0. The first kappa shape index (κ1) is 19.0. The summed E-state index contributed by atoms with van der Waals surface area (Å²) in [5, 5.41) is 1.23. The van der Waals surface area contributed by atoms with Crippen LogP contribution in [-0.2, 0) is 17.6 Å². The van der Waals surface area contributed by atoms with Crippen molar-refractivity contribution in [3.05, 3.63) is 33.3 Å². The van der Waals surface area contributed by atoms with Crippen molar-refractivity contribution in [3.63, 3.8) is 0 Å². The number of benzene rings is 1. The molecule has 0 saturated carbocycles.